The number of benzene rings is 1. The molecule has 4 aliphatic carbocycles. The molecule has 3 saturated carbocycles. The summed E-state index contributed by atoms with van der Waals surface area (Å²) in [5.41, 5.74) is 2.61. The predicted octanol–water partition coefficient (Wildman–Crippen LogP) is 8.06. The number of aryl methyl sites for hydroxylation is 1. The highest BCUT2D eigenvalue weighted by atomic mass is 32.2. The first kappa shape index (κ1) is 35.0. The van der Waals surface area contributed by atoms with Crippen LogP contribution in [0, 0.1) is 47.3 Å². The molecule has 0 heterocycles. The zero-order valence-electron chi connectivity index (χ0n) is 28.9. The molecular weight excluding hydrogens is 588 g/mol. The summed E-state index contributed by atoms with van der Waals surface area (Å²) in [6.45, 7) is 18.6. The van der Waals surface area contributed by atoms with E-state index in [0.29, 0.717) is 36.9 Å². The van der Waals surface area contributed by atoms with E-state index >= 15 is 0 Å². The first-order valence-corrected chi connectivity index (χ1v) is 18.9. The molecule has 0 aliphatic heterocycles. The summed E-state index contributed by atoms with van der Waals surface area (Å²) in [5, 5.41) is 0. The highest BCUT2D eigenvalue weighted by Crippen LogP contribution is 2.67. The smallest absolute Gasteiger partial charge is 0.296 e. The Balaban J connectivity index is 1.33. The Morgan fingerprint density at radius 3 is 2.24 bits per heavy atom. The van der Waals surface area contributed by atoms with Gasteiger partial charge in [0.05, 0.1) is 23.7 Å². The molecule has 1 aromatic rings. The molecule has 0 N–H and O–H groups in total. The molecule has 5 rings (SSSR count). The summed E-state index contributed by atoms with van der Waals surface area (Å²) < 4.78 is 56.5. The van der Waals surface area contributed by atoms with E-state index in [9.17, 15) is 8.42 Å². The topological polar surface area (TPSA) is 80.3 Å². The summed E-state index contributed by atoms with van der Waals surface area (Å²) in [6, 6.07) is 6.92. The van der Waals surface area contributed by atoms with Crippen molar-refractivity contribution in [2.45, 2.75) is 130 Å². The van der Waals surface area contributed by atoms with Gasteiger partial charge in [-0.2, -0.15) is 8.42 Å². The van der Waals surface area contributed by atoms with Crippen molar-refractivity contribution < 1.29 is 31.5 Å². The molecule has 4 unspecified atom stereocenters. The van der Waals surface area contributed by atoms with Crippen molar-refractivity contribution in [3.63, 3.8) is 0 Å². The summed E-state index contributed by atoms with van der Waals surface area (Å²) >= 11 is 0. The molecule has 11 atom stereocenters. The number of hydrogen-bond acceptors (Lipinski definition) is 7. The SMILES string of the molecule is CCOC(C)OC1CC2=CC[C@H]3[C@@H]4CC[C@H]([C@H](C)COS(=O)(=O)c5ccc(C)cc5)[C@@]4(C)CC[C@@H]3[C@@]2(C)C(OC(C)OCC)C1. The average Bonchev–Trinajstić information content (AvgIpc) is 3.34. The van der Waals surface area contributed by atoms with Crippen LogP contribution in [0.15, 0.2) is 40.8 Å². The number of hydrogen-bond donors (Lipinski definition) is 0. The van der Waals surface area contributed by atoms with E-state index in [-0.39, 0.29) is 53.0 Å². The lowest BCUT2D eigenvalue weighted by atomic mass is 9.46. The molecule has 1 aromatic carbocycles. The molecule has 0 amide bonds. The van der Waals surface area contributed by atoms with Gasteiger partial charge in [0.15, 0.2) is 12.6 Å². The zero-order chi connectivity index (χ0) is 32.6. The largest absolute Gasteiger partial charge is 0.353 e. The van der Waals surface area contributed by atoms with Crippen molar-refractivity contribution in [2.24, 2.45) is 40.4 Å². The fourth-order valence-corrected chi connectivity index (χ4v) is 11.1. The van der Waals surface area contributed by atoms with Crippen molar-refractivity contribution >= 4 is 10.1 Å². The minimum atomic E-state index is -3.78. The van der Waals surface area contributed by atoms with Crippen LogP contribution in [-0.2, 0) is 33.2 Å². The van der Waals surface area contributed by atoms with Crippen LogP contribution in [0.3, 0.4) is 0 Å². The summed E-state index contributed by atoms with van der Waals surface area (Å²) in [6.07, 6.45) is 9.55. The first-order chi connectivity index (χ1) is 21.3. The Morgan fingerprint density at radius 2 is 1.58 bits per heavy atom. The van der Waals surface area contributed by atoms with Crippen LogP contribution in [0.25, 0.3) is 0 Å². The van der Waals surface area contributed by atoms with Gasteiger partial charge in [0.2, 0.25) is 0 Å². The maximum atomic E-state index is 13.0. The van der Waals surface area contributed by atoms with Crippen molar-refractivity contribution in [3.05, 3.63) is 41.5 Å². The molecular formula is C37H58O7S. The summed E-state index contributed by atoms with van der Waals surface area (Å²) in [4.78, 5) is 0.234. The normalized spacial score (nSPS) is 36.8. The van der Waals surface area contributed by atoms with Gasteiger partial charge in [-0.3, -0.25) is 4.18 Å². The Hall–Kier alpha value is -1.29. The van der Waals surface area contributed by atoms with Gasteiger partial charge in [0, 0.05) is 25.0 Å². The summed E-state index contributed by atoms with van der Waals surface area (Å²) in [5.74, 6) is 2.31. The fraction of sp³-hybridized carbons (Fsp3) is 0.784. The van der Waals surface area contributed by atoms with E-state index in [2.05, 4.69) is 26.8 Å². The van der Waals surface area contributed by atoms with Crippen molar-refractivity contribution in [1.82, 2.24) is 0 Å². The van der Waals surface area contributed by atoms with Crippen LogP contribution in [0.1, 0.15) is 99.0 Å². The van der Waals surface area contributed by atoms with E-state index in [1.807, 2.05) is 46.8 Å². The number of fused-ring (bicyclic) bond motifs is 5. The van der Waals surface area contributed by atoms with Gasteiger partial charge in [-0.1, -0.05) is 50.1 Å². The molecule has 0 saturated heterocycles. The molecule has 254 valence electrons. The lowest BCUT2D eigenvalue weighted by molar-refractivity contribution is -0.229. The Kier molecular flexibility index (Phi) is 10.9. The van der Waals surface area contributed by atoms with Gasteiger partial charge >= 0.3 is 0 Å². The molecule has 7 nitrogen and oxygen atoms in total. The number of rotatable bonds is 13. The molecule has 0 aromatic heterocycles. The third kappa shape index (κ3) is 6.98. The highest BCUT2D eigenvalue weighted by molar-refractivity contribution is 7.86. The Morgan fingerprint density at radius 1 is 0.911 bits per heavy atom. The van der Waals surface area contributed by atoms with E-state index in [1.54, 1.807) is 12.1 Å². The standard InChI is InChI=1S/C37H58O7S/c1-9-40-26(5)43-29-21-28-13-16-31-33-18-17-32(25(4)23-42-45(38,39)30-14-11-24(3)12-15-30)36(33,7)20-19-34(31)37(28,8)35(22-29)44-27(6)41-10-2/h11-15,25-27,29,31-35H,9-10,16-23H2,1-8H3/t25-,26?,27?,29?,31+,32-,33+,34+,35?,36-,37+/m1/s1. The second-order valence-electron chi connectivity index (χ2n) is 14.8. The molecule has 4 aliphatic rings. The van der Waals surface area contributed by atoms with E-state index < -0.39 is 10.1 Å². The van der Waals surface area contributed by atoms with E-state index in [1.165, 1.54) is 12.0 Å². The van der Waals surface area contributed by atoms with Gasteiger partial charge in [-0.15, -0.1) is 0 Å². The van der Waals surface area contributed by atoms with Crippen LogP contribution in [-0.4, -0.2) is 53.0 Å². The van der Waals surface area contributed by atoms with Gasteiger partial charge in [-0.25, -0.2) is 0 Å². The number of ether oxygens (including phenoxy) is 4. The lowest BCUT2D eigenvalue weighted by Crippen LogP contribution is -2.57. The molecule has 0 bridgehead atoms. The van der Waals surface area contributed by atoms with E-state index in [0.717, 1.165) is 44.1 Å². The predicted molar refractivity (Wildman–Crippen MR) is 176 cm³/mol. The molecule has 45 heavy (non-hydrogen) atoms. The minimum Gasteiger partial charge on any atom is -0.353 e. The second kappa shape index (κ2) is 14.1. The highest BCUT2D eigenvalue weighted by Gasteiger charge is 2.61. The lowest BCUT2D eigenvalue weighted by Gasteiger charge is -2.60. The second-order valence-corrected chi connectivity index (χ2v) is 16.4. The summed E-state index contributed by atoms with van der Waals surface area (Å²) in [7, 11) is -3.78. The molecule has 8 heteroatoms. The van der Waals surface area contributed by atoms with Crippen LogP contribution in [0.2, 0.25) is 0 Å². The molecule has 0 radical (unpaired) electrons. The van der Waals surface area contributed by atoms with Crippen LogP contribution in [0.4, 0.5) is 0 Å². The van der Waals surface area contributed by atoms with Crippen LogP contribution >= 0.6 is 0 Å². The van der Waals surface area contributed by atoms with Gasteiger partial charge in [0.25, 0.3) is 10.1 Å². The maximum Gasteiger partial charge on any atom is 0.296 e. The van der Waals surface area contributed by atoms with Crippen molar-refractivity contribution in [1.29, 1.82) is 0 Å². The Bertz CT molecular complexity index is 1280. The minimum absolute atomic E-state index is 0.00605. The van der Waals surface area contributed by atoms with Crippen LogP contribution < -0.4 is 0 Å². The van der Waals surface area contributed by atoms with Crippen LogP contribution in [0.5, 0.6) is 0 Å². The first-order valence-electron chi connectivity index (χ1n) is 17.5. The van der Waals surface area contributed by atoms with Crippen molar-refractivity contribution in [3.8, 4) is 0 Å². The monoisotopic (exact) mass is 646 g/mol. The van der Waals surface area contributed by atoms with Crippen molar-refractivity contribution in [2.75, 3.05) is 19.8 Å². The maximum absolute atomic E-state index is 13.0. The molecule has 3 fully saturated rings. The molecule has 0 spiro atoms. The number of allylic oxidation sites excluding steroid dienone is 1. The van der Waals surface area contributed by atoms with Gasteiger partial charge in [-0.05, 0) is 120 Å². The quantitative estimate of drug-likeness (QED) is 0.122. The van der Waals surface area contributed by atoms with Gasteiger partial charge in [0.1, 0.15) is 0 Å². The third-order valence-electron chi connectivity index (χ3n) is 12.2. The third-order valence-corrected chi connectivity index (χ3v) is 13.5. The Labute approximate surface area is 272 Å². The average molecular weight is 647 g/mol. The fourth-order valence-electron chi connectivity index (χ4n) is 10.1. The van der Waals surface area contributed by atoms with E-state index in [4.69, 9.17) is 23.1 Å². The van der Waals surface area contributed by atoms with Gasteiger partial charge < -0.3 is 18.9 Å². The zero-order valence-corrected chi connectivity index (χ0v) is 29.7.